The van der Waals surface area contributed by atoms with Gasteiger partial charge in [0.15, 0.2) is 5.41 Å². The highest BCUT2D eigenvalue weighted by Crippen LogP contribution is 2.48. The molecule has 2 saturated heterocycles. The van der Waals surface area contributed by atoms with Crippen LogP contribution in [0.1, 0.15) is 19.4 Å². The number of rotatable bonds is 1. The Hall–Kier alpha value is -3.19. The lowest BCUT2D eigenvalue weighted by atomic mass is 9.66. The zero-order valence-electron chi connectivity index (χ0n) is 16.9. The third kappa shape index (κ3) is 2.51. The van der Waals surface area contributed by atoms with Gasteiger partial charge in [0.1, 0.15) is 0 Å². The van der Waals surface area contributed by atoms with Gasteiger partial charge < -0.3 is 9.64 Å². The van der Waals surface area contributed by atoms with E-state index in [-0.39, 0.29) is 18.6 Å². The predicted octanol–water partition coefficient (Wildman–Crippen LogP) is 2.49. The van der Waals surface area contributed by atoms with E-state index in [1.54, 1.807) is 24.3 Å². The number of urea groups is 1. The molecule has 0 unspecified atom stereocenters. The molecule has 4 atom stereocenters. The second kappa shape index (κ2) is 6.67. The van der Waals surface area contributed by atoms with E-state index >= 15 is 0 Å². The first-order chi connectivity index (χ1) is 14.4. The first kappa shape index (κ1) is 18.8. The lowest BCUT2D eigenvalue weighted by Crippen LogP contribution is -2.76. The molecule has 2 fully saturated rings. The van der Waals surface area contributed by atoms with E-state index in [1.165, 1.54) is 0 Å². The summed E-state index contributed by atoms with van der Waals surface area (Å²) in [4.78, 5) is 43.3. The Bertz CT molecular complexity index is 1040. The molecule has 154 valence electrons. The molecule has 1 N–H and O–H groups in total. The Morgan fingerprint density at radius 3 is 2.47 bits per heavy atom. The van der Waals surface area contributed by atoms with Crippen LogP contribution in [0, 0.1) is 5.41 Å². The molecular formula is C23H23N3O4. The molecule has 3 aliphatic rings. The van der Waals surface area contributed by atoms with Crippen LogP contribution in [-0.4, -0.2) is 42.6 Å². The first-order valence-electron chi connectivity index (χ1n) is 10.2. The van der Waals surface area contributed by atoms with Gasteiger partial charge in [-0.1, -0.05) is 36.4 Å². The van der Waals surface area contributed by atoms with Gasteiger partial charge in [-0.3, -0.25) is 14.9 Å². The average molecular weight is 405 g/mol. The van der Waals surface area contributed by atoms with Crippen molar-refractivity contribution < 1.29 is 19.1 Å². The number of benzene rings is 2. The predicted molar refractivity (Wildman–Crippen MR) is 111 cm³/mol. The summed E-state index contributed by atoms with van der Waals surface area (Å²) in [5.41, 5.74) is 0.910. The van der Waals surface area contributed by atoms with Gasteiger partial charge >= 0.3 is 6.03 Å². The number of ether oxygens (including phenoxy) is 1. The second-order valence-electron chi connectivity index (χ2n) is 8.26. The fraction of sp³-hybridized carbons (Fsp3) is 0.348. The number of morpholine rings is 1. The number of barbiturate groups is 1. The van der Waals surface area contributed by atoms with Crippen LogP contribution in [0.2, 0.25) is 0 Å². The summed E-state index contributed by atoms with van der Waals surface area (Å²) in [5.74, 6) is -1.06. The maximum Gasteiger partial charge on any atom is 0.335 e. The van der Waals surface area contributed by atoms with E-state index in [4.69, 9.17) is 4.74 Å². The fourth-order valence-corrected chi connectivity index (χ4v) is 5.27. The maximum atomic E-state index is 14.0. The van der Waals surface area contributed by atoms with Crippen LogP contribution in [0.5, 0.6) is 0 Å². The zero-order valence-corrected chi connectivity index (χ0v) is 16.9. The Morgan fingerprint density at radius 2 is 1.70 bits per heavy atom. The zero-order chi connectivity index (χ0) is 21.0. The molecule has 1 spiro atoms. The standard InChI is InChI=1S/C23H23N3O4/c1-14-13-25-18-11-7-6-8-16(18)12-23(19(25)15(2)30-14)20(27)24-22(29)26(21(23)28)17-9-4-3-5-10-17/h3-11,14-15,19H,12-13H2,1-2H3,(H,24,27,29)/t14-,15+,19-,23-/m1/s1. The van der Waals surface area contributed by atoms with Gasteiger partial charge in [-0.15, -0.1) is 0 Å². The van der Waals surface area contributed by atoms with Crippen molar-refractivity contribution in [2.24, 2.45) is 5.41 Å². The Labute approximate surface area is 174 Å². The summed E-state index contributed by atoms with van der Waals surface area (Å²) in [7, 11) is 0. The Balaban J connectivity index is 1.70. The molecule has 0 radical (unpaired) electrons. The van der Waals surface area contributed by atoms with Crippen LogP contribution >= 0.6 is 0 Å². The van der Waals surface area contributed by atoms with Crippen LogP contribution < -0.4 is 15.1 Å². The monoisotopic (exact) mass is 405 g/mol. The van der Waals surface area contributed by atoms with Crippen LogP contribution in [0.4, 0.5) is 16.2 Å². The third-order valence-electron chi connectivity index (χ3n) is 6.38. The number of hydrogen-bond acceptors (Lipinski definition) is 5. The minimum absolute atomic E-state index is 0.0481. The number of nitrogens with one attached hydrogen (secondary N) is 1. The van der Waals surface area contributed by atoms with Gasteiger partial charge in [-0.05, 0) is 44.0 Å². The lowest BCUT2D eigenvalue weighted by Gasteiger charge is -2.56. The molecule has 4 amide bonds. The Kier molecular flexibility index (Phi) is 4.18. The van der Waals surface area contributed by atoms with Gasteiger partial charge in [0, 0.05) is 12.2 Å². The first-order valence-corrected chi connectivity index (χ1v) is 10.2. The quantitative estimate of drug-likeness (QED) is 0.738. The van der Waals surface area contributed by atoms with E-state index < -0.39 is 29.3 Å². The summed E-state index contributed by atoms with van der Waals surface area (Å²) in [6, 6.07) is 15.3. The minimum Gasteiger partial charge on any atom is -0.372 e. The molecule has 7 nitrogen and oxygen atoms in total. The molecule has 2 aromatic carbocycles. The molecule has 7 heteroatoms. The van der Waals surface area contributed by atoms with Crippen LogP contribution in [0.15, 0.2) is 54.6 Å². The smallest absolute Gasteiger partial charge is 0.335 e. The molecule has 0 bridgehead atoms. The van der Waals surface area contributed by atoms with Gasteiger partial charge in [-0.25, -0.2) is 9.69 Å². The third-order valence-corrected chi connectivity index (χ3v) is 6.38. The molecule has 30 heavy (non-hydrogen) atoms. The van der Waals surface area contributed by atoms with Crippen molar-refractivity contribution in [1.82, 2.24) is 5.32 Å². The fourth-order valence-electron chi connectivity index (χ4n) is 5.27. The largest absolute Gasteiger partial charge is 0.372 e. The van der Waals surface area contributed by atoms with E-state index in [0.29, 0.717) is 12.2 Å². The van der Waals surface area contributed by atoms with Crippen molar-refractivity contribution in [1.29, 1.82) is 0 Å². The van der Waals surface area contributed by atoms with E-state index in [9.17, 15) is 14.4 Å². The molecular weight excluding hydrogens is 382 g/mol. The Morgan fingerprint density at radius 1 is 1.00 bits per heavy atom. The summed E-state index contributed by atoms with van der Waals surface area (Å²) in [6.45, 7) is 4.44. The average Bonchev–Trinajstić information content (AvgIpc) is 2.72. The van der Waals surface area contributed by atoms with E-state index in [0.717, 1.165) is 16.2 Å². The number of hydrogen-bond donors (Lipinski definition) is 1. The van der Waals surface area contributed by atoms with Gasteiger partial charge in [-0.2, -0.15) is 0 Å². The number of nitrogens with zero attached hydrogens (tertiary/aromatic N) is 2. The van der Waals surface area contributed by atoms with Gasteiger partial charge in [0.25, 0.3) is 5.91 Å². The number of carbonyl (C=O) groups excluding carboxylic acids is 3. The van der Waals surface area contributed by atoms with Gasteiger partial charge in [0.05, 0.1) is 23.9 Å². The molecule has 0 aliphatic carbocycles. The van der Waals surface area contributed by atoms with Crippen molar-refractivity contribution in [3.63, 3.8) is 0 Å². The van der Waals surface area contributed by atoms with Crippen LogP contribution in [0.25, 0.3) is 0 Å². The lowest BCUT2D eigenvalue weighted by molar-refractivity contribution is -0.151. The van der Waals surface area contributed by atoms with Crippen LogP contribution in [0.3, 0.4) is 0 Å². The number of para-hydroxylation sites is 2. The normalized spacial score (nSPS) is 30.7. The topological polar surface area (TPSA) is 79.0 Å². The SMILES string of the molecule is C[C@@H]1CN2c3ccccc3C[C@]3(C(=O)NC(=O)N(c4ccccc4)C3=O)[C@H]2[C@H](C)O1. The van der Waals surface area contributed by atoms with Gasteiger partial charge in [0.2, 0.25) is 5.91 Å². The summed E-state index contributed by atoms with van der Waals surface area (Å²) in [6.07, 6.45) is -0.205. The second-order valence-corrected chi connectivity index (χ2v) is 8.26. The van der Waals surface area contributed by atoms with E-state index in [2.05, 4.69) is 10.2 Å². The van der Waals surface area contributed by atoms with Crippen molar-refractivity contribution in [2.75, 3.05) is 16.3 Å². The van der Waals surface area contributed by atoms with Crippen LogP contribution in [-0.2, 0) is 20.7 Å². The highest BCUT2D eigenvalue weighted by Gasteiger charge is 2.64. The number of carbonyl (C=O) groups is 3. The number of amides is 4. The van der Waals surface area contributed by atoms with Crippen molar-refractivity contribution in [3.05, 3.63) is 60.2 Å². The molecule has 2 aromatic rings. The highest BCUT2D eigenvalue weighted by atomic mass is 16.5. The molecule has 3 heterocycles. The number of fused-ring (bicyclic) bond motifs is 4. The molecule has 5 rings (SSSR count). The molecule has 0 aromatic heterocycles. The molecule has 3 aliphatic heterocycles. The van der Waals surface area contributed by atoms with Crippen molar-refractivity contribution in [3.8, 4) is 0 Å². The summed E-state index contributed by atoms with van der Waals surface area (Å²) in [5, 5.41) is 2.46. The maximum absolute atomic E-state index is 14.0. The summed E-state index contributed by atoms with van der Waals surface area (Å²) >= 11 is 0. The summed E-state index contributed by atoms with van der Waals surface area (Å²) < 4.78 is 6.09. The van der Waals surface area contributed by atoms with Crippen molar-refractivity contribution in [2.45, 2.75) is 38.5 Å². The van der Waals surface area contributed by atoms with E-state index in [1.807, 2.05) is 44.2 Å². The minimum atomic E-state index is -1.46. The highest BCUT2D eigenvalue weighted by molar-refractivity contribution is 6.30. The number of imide groups is 2. The number of anilines is 2. The van der Waals surface area contributed by atoms with Crippen molar-refractivity contribution >= 4 is 29.2 Å². The molecule has 0 saturated carbocycles.